The number of rotatable bonds is 3. The highest BCUT2D eigenvalue weighted by molar-refractivity contribution is 5.80. The standard InChI is InChI=1S/C19H15N3O2/c20-18-15(19-22-16-6-1-2-7-17(16)24-19)9-14(10-21-18)13-5-3-4-12(8-13)11-23/h1-10,23H,11H2,(H2,20,21). The van der Waals surface area contributed by atoms with Gasteiger partial charge in [0.05, 0.1) is 12.2 Å². The SMILES string of the molecule is Nc1ncc(-c2cccc(CO)c2)cc1-c1nc2ccccc2o1. The first-order chi connectivity index (χ1) is 11.7. The minimum atomic E-state index is -0.00573. The van der Waals surface area contributed by atoms with Gasteiger partial charge in [0.15, 0.2) is 5.58 Å². The molecule has 0 spiro atoms. The monoisotopic (exact) mass is 317 g/mol. The Bertz CT molecular complexity index is 991. The average Bonchev–Trinajstić information content (AvgIpc) is 3.06. The second kappa shape index (κ2) is 5.79. The number of aliphatic hydroxyl groups excluding tert-OH is 1. The van der Waals surface area contributed by atoms with E-state index < -0.39 is 0 Å². The van der Waals surface area contributed by atoms with Crippen molar-refractivity contribution in [2.45, 2.75) is 6.61 Å². The van der Waals surface area contributed by atoms with Crippen LogP contribution in [0.3, 0.4) is 0 Å². The molecular formula is C19H15N3O2. The summed E-state index contributed by atoms with van der Waals surface area (Å²) in [4.78, 5) is 8.76. The van der Waals surface area contributed by atoms with Gasteiger partial charge in [-0.15, -0.1) is 0 Å². The highest BCUT2D eigenvalue weighted by atomic mass is 16.3. The number of nitrogens with zero attached hydrogens (tertiary/aromatic N) is 2. The summed E-state index contributed by atoms with van der Waals surface area (Å²) in [6, 6.07) is 17.1. The average molecular weight is 317 g/mol. The van der Waals surface area contributed by atoms with E-state index in [2.05, 4.69) is 9.97 Å². The number of aromatic nitrogens is 2. The first-order valence-electron chi connectivity index (χ1n) is 7.56. The van der Waals surface area contributed by atoms with Gasteiger partial charge in [-0.05, 0) is 35.4 Å². The molecule has 24 heavy (non-hydrogen) atoms. The lowest BCUT2D eigenvalue weighted by molar-refractivity contribution is 0.282. The molecule has 2 heterocycles. The van der Waals surface area contributed by atoms with Gasteiger partial charge in [0.25, 0.3) is 0 Å². The zero-order chi connectivity index (χ0) is 16.5. The van der Waals surface area contributed by atoms with Gasteiger partial charge in [-0.3, -0.25) is 0 Å². The predicted molar refractivity (Wildman–Crippen MR) is 93.0 cm³/mol. The van der Waals surface area contributed by atoms with Crippen LogP contribution >= 0.6 is 0 Å². The highest BCUT2D eigenvalue weighted by Crippen LogP contribution is 2.31. The number of nitrogen functional groups attached to an aromatic ring is 1. The predicted octanol–water partition coefficient (Wildman–Crippen LogP) is 3.63. The van der Waals surface area contributed by atoms with E-state index in [0.29, 0.717) is 22.9 Å². The molecule has 0 saturated carbocycles. The topological polar surface area (TPSA) is 85.2 Å². The van der Waals surface area contributed by atoms with Crippen LogP contribution in [-0.4, -0.2) is 15.1 Å². The lowest BCUT2D eigenvalue weighted by Crippen LogP contribution is -1.95. The van der Waals surface area contributed by atoms with Gasteiger partial charge in [-0.2, -0.15) is 0 Å². The summed E-state index contributed by atoms with van der Waals surface area (Å²) in [5.41, 5.74) is 10.8. The summed E-state index contributed by atoms with van der Waals surface area (Å²) in [6.07, 6.45) is 1.71. The maximum Gasteiger partial charge on any atom is 0.231 e. The largest absolute Gasteiger partial charge is 0.436 e. The minimum absolute atomic E-state index is 0.00573. The number of nitrogens with two attached hydrogens (primary N) is 1. The van der Waals surface area contributed by atoms with E-state index in [1.807, 2.05) is 54.6 Å². The normalized spacial score (nSPS) is 11.0. The van der Waals surface area contributed by atoms with E-state index in [9.17, 15) is 5.11 Å². The molecule has 5 heteroatoms. The fourth-order valence-corrected chi connectivity index (χ4v) is 2.64. The molecule has 4 rings (SSSR count). The Hall–Kier alpha value is -3.18. The number of oxazole rings is 1. The third-order valence-corrected chi connectivity index (χ3v) is 3.89. The van der Waals surface area contributed by atoms with Crippen LogP contribution in [-0.2, 0) is 6.61 Å². The molecule has 0 amide bonds. The van der Waals surface area contributed by atoms with Crippen LogP contribution in [0.1, 0.15) is 5.56 Å². The second-order valence-corrected chi connectivity index (χ2v) is 5.50. The van der Waals surface area contributed by atoms with Gasteiger partial charge < -0.3 is 15.3 Å². The van der Waals surface area contributed by atoms with Crippen molar-refractivity contribution in [1.29, 1.82) is 0 Å². The van der Waals surface area contributed by atoms with Crippen LogP contribution in [0.5, 0.6) is 0 Å². The summed E-state index contributed by atoms with van der Waals surface area (Å²) in [7, 11) is 0. The van der Waals surface area contributed by atoms with Gasteiger partial charge in [0, 0.05) is 11.8 Å². The molecule has 0 atom stereocenters. The van der Waals surface area contributed by atoms with Crippen LogP contribution in [0.2, 0.25) is 0 Å². The molecule has 0 saturated heterocycles. The third kappa shape index (κ3) is 2.51. The zero-order valence-electron chi connectivity index (χ0n) is 12.8. The molecule has 3 N–H and O–H groups in total. The van der Waals surface area contributed by atoms with E-state index in [-0.39, 0.29) is 6.61 Å². The Morgan fingerprint density at radius 2 is 1.88 bits per heavy atom. The highest BCUT2D eigenvalue weighted by Gasteiger charge is 2.13. The smallest absolute Gasteiger partial charge is 0.231 e. The zero-order valence-corrected chi connectivity index (χ0v) is 12.8. The molecule has 2 aromatic carbocycles. The van der Waals surface area contributed by atoms with Gasteiger partial charge in [0.1, 0.15) is 11.3 Å². The molecule has 0 radical (unpaired) electrons. The Labute approximate surface area is 138 Å². The van der Waals surface area contributed by atoms with Gasteiger partial charge in [-0.25, -0.2) is 9.97 Å². The van der Waals surface area contributed by atoms with Crippen molar-refractivity contribution in [3.63, 3.8) is 0 Å². The molecule has 4 aromatic rings. The van der Waals surface area contributed by atoms with E-state index in [1.165, 1.54) is 0 Å². The van der Waals surface area contributed by atoms with Crippen LogP contribution in [0, 0.1) is 0 Å². The number of hydrogen-bond donors (Lipinski definition) is 2. The van der Waals surface area contributed by atoms with Crippen molar-refractivity contribution in [2.24, 2.45) is 0 Å². The van der Waals surface area contributed by atoms with Crippen molar-refractivity contribution in [3.05, 3.63) is 66.4 Å². The number of pyridine rings is 1. The fraction of sp³-hybridized carbons (Fsp3) is 0.0526. The summed E-state index contributed by atoms with van der Waals surface area (Å²) in [6.45, 7) is -0.00573. The number of aliphatic hydroxyl groups is 1. The summed E-state index contributed by atoms with van der Waals surface area (Å²) in [5, 5.41) is 9.31. The van der Waals surface area contributed by atoms with Crippen LogP contribution < -0.4 is 5.73 Å². The van der Waals surface area contributed by atoms with Gasteiger partial charge in [0.2, 0.25) is 5.89 Å². The number of anilines is 1. The van der Waals surface area contributed by atoms with Crippen LogP contribution in [0.15, 0.2) is 65.2 Å². The first kappa shape index (κ1) is 14.4. The molecule has 0 fully saturated rings. The lowest BCUT2D eigenvalue weighted by Gasteiger charge is -2.07. The molecule has 0 aliphatic heterocycles. The Morgan fingerprint density at radius 1 is 1.00 bits per heavy atom. The third-order valence-electron chi connectivity index (χ3n) is 3.89. The molecule has 0 aliphatic rings. The van der Waals surface area contributed by atoms with Gasteiger partial charge in [-0.1, -0.05) is 30.3 Å². The van der Waals surface area contributed by atoms with Gasteiger partial charge >= 0.3 is 0 Å². The summed E-state index contributed by atoms with van der Waals surface area (Å²) < 4.78 is 5.80. The Kier molecular flexibility index (Phi) is 3.48. The van der Waals surface area contributed by atoms with E-state index in [1.54, 1.807) is 6.20 Å². The molecule has 5 nitrogen and oxygen atoms in total. The van der Waals surface area contributed by atoms with Crippen LogP contribution in [0.4, 0.5) is 5.82 Å². The molecule has 0 bridgehead atoms. The maximum absolute atomic E-state index is 9.31. The Morgan fingerprint density at radius 3 is 2.71 bits per heavy atom. The Balaban J connectivity index is 1.83. The van der Waals surface area contributed by atoms with E-state index >= 15 is 0 Å². The number of para-hydroxylation sites is 2. The summed E-state index contributed by atoms with van der Waals surface area (Å²) in [5.74, 6) is 0.810. The number of benzene rings is 2. The lowest BCUT2D eigenvalue weighted by atomic mass is 10.0. The molecule has 0 unspecified atom stereocenters. The number of hydrogen-bond acceptors (Lipinski definition) is 5. The molecule has 0 aliphatic carbocycles. The van der Waals surface area contributed by atoms with Crippen molar-refractivity contribution in [3.8, 4) is 22.6 Å². The van der Waals surface area contributed by atoms with Crippen molar-refractivity contribution in [1.82, 2.24) is 9.97 Å². The van der Waals surface area contributed by atoms with Crippen molar-refractivity contribution < 1.29 is 9.52 Å². The summed E-state index contributed by atoms with van der Waals surface area (Å²) >= 11 is 0. The number of fused-ring (bicyclic) bond motifs is 1. The fourth-order valence-electron chi connectivity index (χ4n) is 2.64. The van der Waals surface area contributed by atoms with E-state index in [0.717, 1.165) is 22.2 Å². The van der Waals surface area contributed by atoms with Crippen LogP contribution in [0.25, 0.3) is 33.7 Å². The minimum Gasteiger partial charge on any atom is -0.436 e. The van der Waals surface area contributed by atoms with Crippen molar-refractivity contribution in [2.75, 3.05) is 5.73 Å². The maximum atomic E-state index is 9.31. The molecular weight excluding hydrogens is 302 g/mol. The molecule has 2 aromatic heterocycles. The van der Waals surface area contributed by atoms with Crippen molar-refractivity contribution >= 4 is 16.9 Å². The first-order valence-corrected chi connectivity index (χ1v) is 7.56. The van der Waals surface area contributed by atoms with E-state index in [4.69, 9.17) is 10.2 Å². The second-order valence-electron chi connectivity index (χ2n) is 5.50. The quantitative estimate of drug-likeness (QED) is 0.602. The molecule has 118 valence electrons.